The summed E-state index contributed by atoms with van der Waals surface area (Å²) in [5, 5.41) is 22.6. The number of alkyl carbamates (subject to hydrolysis) is 1. The topological polar surface area (TPSA) is 125 Å². The quantitative estimate of drug-likeness (QED) is 0.457. The van der Waals surface area contributed by atoms with Gasteiger partial charge in [-0.3, -0.25) is 9.59 Å². The Morgan fingerprint density at radius 2 is 1.61 bits per heavy atom. The van der Waals surface area contributed by atoms with Gasteiger partial charge in [0.25, 0.3) is 0 Å². The Balaban J connectivity index is 1.63. The van der Waals surface area contributed by atoms with Crippen molar-refractivity contribution in [2.24, 2.45) is 0 Å². The minimum atomic E-state index is -1.28. The number of aliphatic hydroxyl groups is 1. The molecule has 0 radical (unpaired) electrons. The Kier molecular flexibility index (Phi) is 7.40. The second kappa shape index (κ2) is 10.4. The van der Waals surface area contributed by atoms with E-state index in [-0.39, 0.29) is 25.7 Å². The van der Waals surface area contributed by atoms with Crippen LogP contribution in [0, 0.1) is 0 Å². The molecule has 0 bridgehead atoms. The second-order valence-electron chi connectivity index (χ2n) is 7.02. The van der Waals surface area contributed by atoms with Gasteiger partial charge in [-0.1, -0.05) is 60.7 Å². The highest BCUT2D eigenvalue weighted by Crippen LogP contribution is 2.44. The van der Waals surface area contributed by atoms with Crippen molar-refractivity contribution in [3.63, 3.8) is 0 Å². The molecule has 0 saturated heterocycles. The lowest BCUT2D eigenvalue weighted by Gasteiger charge is -2.18. The number of nitrogens with one attached hydrogen (secondary N) is 2. The van der Waals surface area contributed by atoms with Crippen molar-refractivity contribution in [1.82, 2.24) is 10.6 Å². The van der Waals surface area contributed by atoms with Crippen LogP contribution >= 0.6 is 0 Å². The Labute approximate surface area is 179 Å². The Hall–Kier alpha value is -3.65. The van der Waals surface area contributed by atoms with Gasteiger partial charge in [0, 0.05) is 12.5 Å². The minimum Gasteiger partial charge on any atom is -0.481 e. The highest BCUT2D eigenvalue weighted by molar-refractivity contribution is 5.89. The molecule has 162 valence electrons. The first-order valence-electron chi connectivity index (χ1n) is 9.88. The maximum atomic E-state index is 12.3. The van der Waals surface area contributed by atoms with Crippen molar-refractivity contribution in [2.75, 3.05) is 19.8 Å². The van der Waals surface area contributed by atoms with Crippen molar-refractivity contribution in [3.05, 3.63) is 71.8 Å². The van der Waals surface area contributed by atoms with Crippen molar-refractivity contribution >= 4 is 18.0 Å². The summed E-state index contributed by atoms with van der Waals surface area (Å²) >= 11 is 0. The van der Waals surface area contributed by atoms with Gasteiger partial charge in [-0.2, -0.15) is 0 Å². The van der Waals surface area contributed by atoms with Crippen LogP contribution in [0.4, 0.5) is 4.79 Å². The maximum Gasteiger partial charge on any atom is 0.407 e. The van der Waals surface area contributed by atoms with Gasteiger partial charge in [-0.05, 0) is 22.3 Å². The summed E-state index contributed by atoms with van der Waals surface area (Å²) in [6.07, 6.45) is 1.50. The lowest BCUT2D eigenvalue weighted by Crippen LogP contribution is -2.48. The van der Waals surface area contributed by atoms with E-state index < -0.39 is 30.4 Å². The number of ether oxygens (including phenoxy) is 1. The van der Waals surface area contributed by atoms with Gasteiger partial charge in [0.1, 0.15) is 12.6 Å². The third-order valence-corrected chi connectivity index (χ3v) is 5.00. The minimum absolute atomic E-state index is 0.0561. The van der Waals surface area contributed by atoms with E-state index in [0.29, 0.717) is 0 Å². The van der Waals surface area contributed by atoms with E-state index in [0.717, 1.165) is 22.3 Å². The molecule has 1 unspecified atom stereocenters. The predicted molar refractivity (Wildman–Crippen MR) is 113 cm³/mol. The molecule has 0 aliphatic heterocycles. The summed E-state index contributed by atoms with van der Waals surface area (Å²) in [5.41, 5.74) is 4.27. The number of carboxylic acid groups (broad SMARTS) is 1. The molecule has 4 N–H and O–H groups in total. The molecule has 2 aromatic rings. The standard InChI is InChI=1S/C23H24N2O6/c26-12-6-5-11-24-22(29)20(13-21(27)28)25-23(30)31-14-19-17-9-3-1-7-15(17)16-8-2-4-10-18(16)19/h1-10,19-20,26H,11-14H2,(H,24,29)(H,25,30)(H,27,28)/b6-5+. The molecule has 0 heterocycles. The number of amides is 2. The first-order valence-corrected chi connectivity index (χ1v) is 9.88. The molecular weight excluding hydrogens is 400 g/mol. The number of benzene rings is 2. The van der Waals surface area contributed by atoms with E-state index >= 15 is 0 Å². The zero-order chi connectivity index (χ0) is 22.2. The van der Waals surface area contributed by atoms with Crippen LogP contribution in [0.1, 0.15) is 23.5 Å². The van der Waals surface area contributed by atoms with Crippen molar-refractivity contribution in [3.8, 4) is 11.1 Å². The molecular formula is C23H24N2O6. The number of hydrogen-bond donors (Lipinski definition) is 4. The van der Waals surface area contributed by atoms with E-state index in [9.17, 15) is 14.4 Å². The molecule has 0 spiro atoms. The van der Waals surface area contributed by atoms with Gasteiger partial charge in [-0.15, -0.1) is 0 Å². The third-order valence-electron chi connectivity index (χ3n) is 5.00. The number of rotatable bonds is 9. The number of fused-ring (bicyclic) bond motifs is 3. The Bertz CT molecular complexity index is 942. The van der Waals surface area contributed by atoms with E-state index in [4.69, 9.17) is 14.9 Å². The molecule has 2 aromatic carbocycles. The smallest absolute Gasteiger partial charge is 0.407 e. The fourth-order valence-corrected chi connectivity index (χ4v) is 3.61. The molecule has 1 aliphatic carbocycles. The van der Waals surface area contributed by atoms with Gasteiger partial charge < -0.3 is 25.6 Å². The fraction of sp³-hybridized carbons (Fsp3) is 0.261. The summed E-state index contributed by atoms with van der Waals surface area (Å²) in [4.78, 5) is 35.7. The highest BCUT2D eigenvalue weighted by Gasteiger charge is 2.30. The van der Waals surface area contributed by atoms with Crippen LogP contribution in [0.5, 0.6) is 0 Å². The summed E-state index contributed by atoms with van der Waals surface area (Å²) < 4.78 is 5.37. The normalized spacial score (nSPS) is 13.3. The molecule has 0 saturated carbocycles. The monoisotopic (exact) mass is 424 g/mol. The number of aliphatic hydroxyl groups excluding tert-OH is 1. The van der Waals surface area contributed by atoms with Crippen molar-refractivity contribution in [1.29, 1.82) is 0 Å². The number of aliphatic carboxylic acids is 1. The SMILES string of the molecule is O=C(O)CC(NC(=O)OCC1c2ccccc2-c2ccccc21)C(=O)NC/C=C/CO. The summed E-state index contributed by atoms with van der Waals surface area (Å²) in [6, 6.07) is 14.5. The number of hydrogen-bond acceptors (Lipinski definition) is 5. The number of carbonyl (C=O) groups is 3. The van der Waals surface area contributed by atoms with Crippen molar-refractivity contribution in [2.45, 2.75) is 18.4 Å². The van der Waals surface area contributed by atoms with Crippen LogP contribution in [0.3, 0.4) is 0 Å². The highest BCUT2D eigenvalue weighted by atomic mass is 16.5. The lowest BCUT2D eigenvalue weighted by molar-refractivity contribution is -0.139. The van der Waals surface area contributed by atoms with Crippen LogP contribution in [0.2, 0.25) is 0 Å². The van der Waals surface area contributed by atoms with E-state index in [1.807, 2.05) is 48.5 Å². The van der Waals surface area contributed by atoms with E-state index in [1.54, 1.807) is 0 Å². The second-order valence-corrected chi connectivity index (χ2v) is 7.02. The van der Waals surface area contributed by atoms with Gasteiger partial charge >= 0.3 is 12.1 Å². The molecule has 1 aliphatic rings. The largest absolute Gasteiger partial charge is 0.481 e. The summed E-state index contributed by atoms with van der Waals surface area (Å²) in [6.45, 7) is -0.0190. The number of carbonyl (C=O) groups excluding carboxylic acids is 2. The molecule has 0 aromatic heterocycles. The summed E-state index contributed by atoms with van der Waals surface area (Å²) in [5.74, 6) is -2.03. The maximum absolute atomic E-state index is 12.3. The van der Waals surface area contributed by atoms with E-state index in [1.165, 1.54) is 12.2 Å². The number of carboxylic acids is 1. The van der Waals surface area contributed by atoms with Crippen LogP contribution in [-0.2, 0) is 14.3 Å². The van der Waals surface area contributed by atoms with Crippen LogP contribution in [0.25, 0.3) is 11.1 Å². The van der Waals surface area contributed by atoms with Crippen LogP contribution < -0.4 is 10.6 Å². The molecule has 2 amide bonds. The zero-order valence-electron chi connectivity index (χ0n) is 16.8. The Morgan fingerprint density at radius 1 is 1.00 bits per heavy atom. The van der Waals surface area contributed by atoms with Gasteiger partial charge in [0.15, 0.2) is 0 Å². The molecule has 3 rings (SSSR count). The molecule has 8 heteroatoms. The molecule has 0 fully saturated rings. The van der Waals surface area contributed by atoms with Crippen LogP contribution in [-0.4, -0.2) is 54.0 Å². The van der Waals surface area contributed by atoms with Gasteiger partial charge in [0.05, 0.1) is 13.0 Å². The molecule has 31 heavy (non-hydrogen) atoms. The summed E-state index contributed by atoms with van der Waals surface area (Å²) in [7, 11) is 0. The first kappa shape index (κ1) is 22.0. The molecule has 8 nitrogen and oxygen atoms in total. The third kappa shape index (κ3) is 5.49. The average molecular weight is 424 g/mol. The first-order chi connectivity index (χ1) is 15.0. The van der Waals surface area contributed by atoms with Gasteiger partial charge in [-0.25, -0.2) is 4.79 Å². The Morgan fingerprint density at radius 3 is 2.19 bits per heavy atom. The predicted octanol–water partition coefficient (Wildman–Crippen LogP) is 2.03. The lowest BCUT2D eigenvalue weighted by atomic mass is 9.98. The van der Waals surface area contributed by atoms with E-state index in [2.05, 4.69) is 10.6 Å². The molecule has 1 atom stereocenters. The average Bonchev–Trinajstić information content (AvgIpc) is 3.08. The zero-order valence-corrected chi connectivity index (χ0v) is 16.8. The van der Waals surface area contributed by atoms with Crippen LogP contribution in [0.15, 0.2) is 60.7 Å². The van der Waals surface area contributed by atoms with Gasteiger partial charge in [0.2, 0.25) is 5.91 Å². The fourth-order valence-electron chi connectivity index (χ4n) is 3.61. The van der Waals surface area contributed by atoms with Crippen molar-refractivity contribution < 1.29 is 29.3 Å².